The second-order valence-electron chi connectivity index (χ2n) is 13.0. The lowest BCUT2D eigenvalue weighted by Gasteiger charge is -2.43. The Balaban J connectivity index is 1.56. The van der Waals surface area contributed by atoms with Crippen LogP contribution in [0.1, 0.15) is 76.0 Å². The van der Waals surface area contributed by atoms with Gasteiger partial charge < -0.3 is 14.8 Å². The fraction of sp³-hybridized carbons (Fsp3) is 0.424. The minimum Gasteiger partial charge on any atom is -0.482 e. The number of benzene rings is 2. The Morgan fingerprint density at radius 3 is 2.05 bits per heavy atom. The number of allylic oxidation sites excluding steroid dienone is 4. The third-order valence-electron chi connectivity index (χ3n) is 8.07. The smallest absolute Gasteiger partial charge is 0.262 e. The molecule has 2 aromatic rings. The molecule has 216 valence electrons. The van der Waals surface area contributed by atoms with Crippen LogP contribution in [0, 0.1) is 24.7 Å². The van der Waals surface area contributed by atoms with Crippen LogP contribution in [0.5, 0.6) is 5.75 Å². The van der Waals surface area contributed by atoms with Gasteiger partial charge in [0.25, 0.3) is 5.91 Å². The van der Waals surface area contributed by atoms with E-state index >= 15 is 0 Å². The Hall–Kier alpha value is -2.71. The van der Waals surface area contributed by atoms with Gasteiger partial charge in [-0.05, 0) is 76.0 Å². The maximum atomic E-state index is 13.7. The first-order valence-corrected chi connectivity index (χ1v) is 15.4. The summed E-state index contributed by atoms with van der Waals surface area (Å²) in [7, 11) is 0. The molecule has 2 aliphatic carbocycles. The minimum absolute atomic E-state index is 0.0278. The van der Waals surface area contributed by atoms with Gasteiger partial charge in [-0.2, -0.15) is 0 Å². The predicted octanol–water partition coefficient (Wildman–Crippen LogP) is 8.25. The van der Waals surface area contributed by atoms with Crippen molar-refractivity contribution in [3.8, 4) is 5.75 Å². The summed E-state index contributed by atoms with van der Waals surface area (Å²) in [6, 6.07) is 9.46. The zero-order valence-corrected chi connectivity index (χ0v) is 27.5. The van der Waals surface area contributed by atoms with Crippen molar-refractivity contribution in [3.05, 3.63) is 78.6 Å². The summed E-state index contributed by atoms with van der Waals surface area (Å²) in [6.07, 6.45) is 1.91. The van der Waals surface area contributed by atoms with Crippen molar-refractivity contribution in [2.24, 2.45) is 10.8 Å². The molecule has 8 heteroatoms. The Morgan fingerprint density at radius 2 is 1.49 bits per heavy atom. The lowest BCUT2D eigenvalue weighted by Crippen LogP contribution is -2.37. The van der Waals surface area contributed by atoms with Gasteiger partial charge in [0.2, 0.25) is 0 Å². The van der Waals surface area contributed by atoms with Gasteiger partial charge in [0.15, 0.2) is 18.2 Å². The normalized spacial score (nSPS) is 19.9. The molecule has 2 aromatic carbocycles. The quantitative estimate of drug-likeness (QED) is 0.343. The number of halogens is 2. The Bertz CT molecular complexity index is 1500. The molecule has 3 aliphatic rings. The van der Waals surface area contributed by atoms with Crippen molar-refractivity contribution in [1.29, 1.82) is 0 Å². The number of amides is 1. The number of carbonyl (C=O) groups excluding carboxylic acids is 3. The number of aryl methyl sites for hydroxylation is 2. The van der Waals surface area contributed by atoms with Crippen molar-refractivity contribution in [1.82, 2.24) is 0 Å². The number of hydrogen-bond donors (Lipinski definition) is 1. The second-order valence-corrected chi connectivity index (χ2v) is 14.8. The summed E-state index contributed by atoms with van der Waals surface area (Å²) in [5, 5.41) is 2.90. The Labute approximate surface area is 258 Å². The van der Waals surface area contributed by atoms with E-state index in [1.165, 1.54) is 0 Å². The first kappa shape index (κ1) is 29.8. The number of carbonyl (C=O) groups is 3. The number of rotatable bonds is 5. The van der Waals surface area contributed by atoms with Gasteiger partial charge in [-0.3, -0.25) is 14.4 Å². The highest BCUT2D eigenvalue weighted by Gasteiger charge is 2.48. The zero-order valence-electron chi connectivity index (χ0n) is 24.3. The average molecular weight is 685 g/mol. The van der Waals surface area contributed by atoms with E-state index < -0.39 is 5.92 Å². The molecule has 1 aliphatic heterocycles. The summed E-state index contributed by atoms with van der Waals surface area (Å²) in [5.74, 6) is 0.675. The molecule has 0 spiro atoms. The minimum atomic E-state index is -0.646. The molecule has 0 saturated heterocycles. The highest BCUT2D eigenvalue weighted by atomic mass is 79.9. The van der Waals surface area contributed by atoms with Crippen LogP contribution in [0.2, 0.25) is 0 Å². The van der Waals surface area contributed by atoms with Crippen LogP contribution in [0.25, 0.3) is 0 Å². The van der Waals surface area contributed by atoms with E-state index in [-0.39, 0.29) is 34.9 Å². The largest absolute Gasteiger partial charge is 0.482 e. The molecule has 5 rings (SSSR count). The van der Waals surface area contributed by atoms with E-state index in [1.54, 1.807) is 0 Å². The number of ketones is 2. The number of nitrogens with one attached hydrogen (secondary N) is 1. The highest BCUT2D eigenvalue weighted by molar-refractivity contribution is 9.11. The van der Waals surface area contributed by atoms with Crippen molar-refractivity contribution in [2.45, 2.75) is 73.1 Å². The van der Waals surface area contributed by atoms with E-state index in [1.807, 2.05) is 44.2 Å². The van der Waals surface area contributed by atoms with E-state index in [2.05, 4.69) is 64.9 Å². The molecule has 1 heterocycles. The highest BCUT2D eigenvalue weighted by Crippen LogP contribution is 2.55. The average Bonchev–Trinajstić information content (AvgIpc) is 2.82. The van der Waals surface area contributed by atoms with Crippen LogP contribution in [-0.2, 0) is 19.1 Å². The van der Waals surface area contributed by atoms with Crippen LogP contribution in [0.15, 0.2) is 61.9 Å². The zero-order chi connectivity index (χ0) is 29.9. The molecule has 0 radical (unpaired) electrons. The lowest BCUT2D eigenvalue weighted by atomic mass is 9.65. The van der Waals surface area contributed by atoms with E-state index in [4.69, 9.17) is 9.47 Å². The van der Waals surface area contributed by atoms with Crippen LogP contribution >= 0.6 is 31.9 Å². The topological polar surface area (TPSA) is 81.7 Å². The molecule has 6 nitrogen and oxygen atoms in total. The fourth-order valence-electron chi connectivity index (χ4n) is 6.09. The lowest BCUT2D eigenvalue weighted by molar-refractivity contribution is -0.121. The van der Waals surface area contributed by atoms with E-state index in [0.29, 0.717) is 69.8 Å². The molecule has 0 atom stereocenters. The summed E-state index contributed by atoms with van der Waals surface area (Å²) >= 11 is 7.22. The molecule has 0 fully saturated rings. The first-order valence-electron chi connectivity index (χ1n) is 13.8. The van der Waals surface area contributed by atoms with Crippen LogP contribution in [0.4, 0.5) is 5.69 Å². The monoisotopic (exact) mass is 683 g/mol. The molecule has 41 heavy (non-hydrogen) atoms. The Morgan fingerprint density at radius 1 is 0.902 bits per heavy atom. The molecule has 1 N–H and O–H groups in total. The van der Waals surface area contributed by atoms with Gasteiger partial charge in [0, 0.05) is 52.6 Å². The van der Waals surface area contributed by atoms with Gasteiger partial charge >= 0.3 is 0 Å². The van der Waals surface area contributed by atoms with Gasteiger partial charge in [0.1, 0.15) is 17.3 Å². The third kappa shape index (κ3) is 6.09. The van der Waals surface area contributed by atoms with Crippen LogP contribution < -0.4 is 10.1 Å². The number of Topliss-reactive ketones (excluding diaryl/α,β-unsaturated/α-hetero) is 2. The molecular weight excluding hydrogens is 650 g/mol. The van der Waals surface area contributed by atoms with Crippen molar-refractivity contribution >= 4 is 55.0 Å². The van der Waals surface area contributed by atoms with Gasteiger partial charge in [-0.15, -0.1) is 0 Å². The molecular formula is C33H35Br2NO5. The van der Waals surface area contributed by atoms with Gasteiger partial charge in [-0.1, -0.05) is 49.7 Å². The summed E-state index contributed by atoms with van der Waals surface area (Å²) in [4.78, 5) is 40.4. The molecule has 0 saturated carbocycles. The maximum absolute atomic E-state index is 13.7. The van der Waals surface area contributed by atoms with E-state index in [9.17, 15) is 14.4 Å². The number of anilines is 1. The summed E-state index contributed by atoms with van der Waals surface area (Å²) in [5.41, 5.74) is 4.09. The standard InChI is InChI=1S/C33H35Br2NO5/c1-17-7-8-20(9-18(17)2)36-27(39)16-40-31-21(10-19(34)11-22(31)35)28-29-23(37)12-32(3,4)14-25(29)41-26-15-33(5,6)13-24(38)30(26)28/h7-11,28H,12-16H2,1-6H3,(H,36,39). The van der Waals surface area contributed by atoms with Crippen molar-refractivity contribution in [2.75, 3.05) is 11.9 Å². The predicted molar refractivity (Wildman–Crippen MR) is 166 cm³/mol. The van der Waals surface area contributed by atoms with Crippen molar-refractivity contribution in [3.63, 3.8) is 0 Å². The van der Waals surface area contributed by atoms with Crippen LogP contribution in [-0.4, -0.2) is 24.1 Å². The van der Waals surface area contributed by atoms with Gasteiger partial charge in [-0.25, -0.2) is 0 Å². The van der Waals surface area contributed by atoms with Crippen molar-refractivity contribution < 1.29 is 23.9 Å². The Kier molecular flexibility index (Phi) is 7.88. The van der Waals surface area contributed by atoms with Gasteiger partial charge in [0.05, 0.1) is 10.4 Å². The second kappa shape index (κ2) is 10.8. The SMILES string of the molecule is Cc1ccc(NC(=O)COc2c(Br)cc(Br)cc2C2C3=C(CC(C)(C)CC3=O)OC3=C2C(=O)CC(C)(C)C3)cc1C. The van der Waals surface area contributed by atoms with E-state index in [0.717, 1.165) is 15.6 Å². The maximum Gasteiger partial charge on any atom is 0.262 e. The molecule has 0 bridgehead atoms. The number of hydrogen-bond acceptors (Lipinski definition) is 5. The molecule has 0 unspecified atom stereocenters. The summed E-state index contributed by atoms with van der Waals surface area (Å²) in [6.45, 7) is 12.0. The summed E-state index contributed by atoms with van der Waals surface area (Å²) < 4.78 is 14.0. The number of ether oxygens (including phenoxy) is 2. The fourth-order valence-corrected chi connectivity index (χ4v) is 7.46. The molecule has 0 aromatic heterocycles. The van der Waals surface area contributed by atoms with Crippen LogP contribution in [0.3, 0.4) is 0 Å². The molecule has 1 amide bonds. The first-order chi connectivity index (χ1) is 19.1. The third-order valence-corrected chi connectivity index (χ3v) is 9.12.